The Balaban J connectivity index is 1.81. The van der Waals surface area contributed by atoms with Crippen LogP contribution in [0.2, 0.25) is 0 Å². The quantitative estimate of drug-likeness (QED) is 0.894. The number of amides is 1. The van der Waals surface area contributed by atoms with Crippen molar-refractivity contribution in [1.29, 1.82) is 0 Å². The Kier molecular flexibility index (Phi) is 4.24. The standard InChI is InChI=1S/C14H18N2O3S2/c17-14-9-20-13-7-6-11(8-12(13)15-14)21(18,19)16-10-4-2-1-3-5-10/h6-8,10,16H,1-5,9H2,(H,15,17). The second-order valence-electron chi connectivity index (χ2n) is 5.45. The van der Waals surface area contributed by atoms with Crippen LogP contribution < -0.4 is 10.0 Å². The van der Waals surface area contributed by atoms with Crippen LogP contribution in [0.1, 0.15) is 32.1 Å². The van der Waals surface area contributed by atoms with E-state index in [9.17, 15) is 13.2 Å². The minimum atomic E-state index is -3.52. The summed E-state index contributed by atoms with van der Waals surface area (Å²) in [6.07, 6.45) is 5.13. The Hall–Kier alpha value is -1.05. The predicted molar refractivity (Wildman–Crippen MR) is 83.0 cm³/mol. The third-order valence-electron chi connectivity index (χ3n) is 3.82. The van der Waals surface area contributed by atoms with Crippen LogP contribution in [0.4, 0.5) is 5.69 Å². The molecule has 0 saturated heterocycles. The van der Waals surface area contributed by atoms with Crippen molar-refractivity contribution in [3.63, 3.8) is 0 Å². The third-order valence-corrected chi connectivity index (χ3v) is 6.41. The summed E-state index contributed by atoms with van der Waals surface area (Å²) in [7, 11) is -3.52. The van der Waals surface area contributed by atoms with E-state index in [1.54, 1.807) is 18.2 Å². The number of carbonyl (C=O) groups is 1. The number of thioether (sulfide) groups is 1. The van der Waals surface area contributed by atoms with Crippen LogP contribution in [0, 0.1) is 0 Å². The van der Waals surface area contributed by atoms with Crippen molar-refractivity contribution in [1.82, 2.24) is 4.72 Å². The van der Waals surface area contributed by atoms with Crippen LogP contribution in [0.5, 0.6) is 0 Å². The number of rotatable bonds is 3. The molecule has 0 atom stereocenters. The smallest absolute Gasteiger partial charge is 0.240 e. The van der Waals surface area contributed by atoms with Gasteiger partial charge in [0.05, 0.1) is 16.3 Å². The van der Waals surface area contributed by atoms with E-state index in [1.807, 2.05) is 0 Å². The normalized spacial score (nSPS) is 19.9. The van der Waals surface area contributed by atoms with Gasteiger partial charge < -0.3 is 5.32 Å². The van der Waals surface area contributed by atoms with Crippen molar-refractivity contribution in [2.45, 2.75) is 47.9 Å². The first-order chi connectivity index (χ1) is 10.0. The van der Waals surface area contributed by atoms with E-state index in [-0.39, 0.29) is 16.8 Å². The number of benzene rings is 1. The molecule has 0 spiro atoms. The van der Waals surface area contributed by atoms with E-state index < -0.39 is 10.0 Å². The summed E-state index contributed by atoms with van der Waals surface area (Å²) in [5, 5.41) is 2.72. The first-order valence-corrected chi connectivity index (χ1v) is 9.60. The molecular weight excluding hydrogens is 308 g/mol. The lowest BCUT2D eigenvalue weighted by atomic mass is 9.96. The van der Waals surface area contributed by atoms with Crippen LogP contribution in [0.15, 0.2) is 28.0 Å². The van der Waals surface area contributed by atoms with Gasteiger partial charge in [-0.05, 0) is 31.0 Å². The van der Waals surface area contributed by atoms with Crippen LogP contribution in [0.3, 0.4) is 0 Å². The maximum atomic E-state index is 12.4. The fourth-order valence-corrected chi connectivity index (χ4v) is 4.86. The molecule has 2 aliphatic rings. The van der Waals surface area contributed by atoms with Crippen molar-refractivity contribution in [3.8, 4) is 0 Å². The first kappa shape index (κ1) is 14.9. The van der Waals surface area contributed by atoms with Gasteiger partial charge in [-0.2, -0.15) is 0 Å². The first-order valence-electron chi connectivity index (χ1n) is 7.14. The molecule has 2 N–H and O–H groups in total. The lowest BCUT2D eigenvalue weighted by Crippen LogP contribution is -2.36. The van der Waals surface area contributed by atoms with E-state index in [2.05, 4.69) is 10.0 Å². The zero-order valence-electron chi connectivity index (χ0n) is 11.6. The van der Waals surface area contributed by atoms with Crippen molar-refractivity contribution in [2.75, 3.05) is 11.1 Å². The highest BCUT2D eigenvalue weighted by atomic mass is 32.2. The van der Waals surface area contributed by atoms with E-state index in [1.165, 1.54) is 18.2 Å². The van der Waals surface area contributed by atoms with Gasteiger partial charge in [-0.25, -0.2) is 13.1 Å². The highest BCUT2D eigenvalue weighted by Gasteiger charge is 2.24. The molecule has 1 saturated carbocycles. The maximum absolute atomic E-state index is 12.4. The maximum Gasteiger partial charge on any atom is 0.240 e. The fourth-order valence-electron chi connectivity index (χ4n) is 2.74. The molecule has 0 radical (unpaired) electrons. The molecule has 1 heterocycles. The molecule has 1 fully saturated rings. The average molecular weight is 326 g/mol. The van der Waals surface area contributed by atoms with Crippen LogP contribution in [0.25, 0.3) is 0 Å². The Morgan fingerprint density at radius 1 is 1.19 bits per heavy atom. The molecule has 114 valence electrons. The minimum absolute atomic E-state index is 0.0312. The monoisotopic (exact) mass is 326 g/mol. The lowest BCUT2D eigenvalue weighted by molar-refractivity contribution is -0.113. The van der Waals surface area contributed by atoms with Crippen molar-refractivity contribution < 1.29 is 13.2 Å². The molecule has 3 rings (SSSR count). The summed E-state index contributed by atoms with van der Waals surface area (Å²) in [5.74, 6) is 0.279. The van der Waals surface area contributed by atoms with E-state index in [0.29, 0.717) is 11.4 Å². The van der Waals surface area contributed by atoms with Gasteiger partial charge in [-0.15, -0.1) is 11.8 Å². The minimum Gasteiger partial charge on any atom is -0.324 e. The SMILES string of the molecule is O=C1CSc2ccc(S(=O)(=O)NC3CCCCC3)cc2N1. The number of carbonyl (C=O) groups excluding carboxylic acids is 1. The zero-order chi connectivity index (χ0) is 14.9. The number of sulfonamides is 1. The summed E-state index contributed by atoms with van der Waals surface area (Å²) < 4.78 is 27.7. The Morgan fingerprint density at radius 2 is 1.95 bits per heavy atom. The van der Waals surface area contributed by atoms with E-state index in [4.69, 9.17) is 0 Å². The Bertz CT molecular complexity index is 652. The molecular formula is C14H18N2O3S2. The van der Waals surface area contributed by atoms with Crippen LogP contribution in [-0.2, 0) is 14.8 Å². The predicted octanol–water partition coefficient (Wildman–Crippen LogP) is 2.34. The molecule has 21 heavy (non-hydrogen) atoms. The molecule has 0 unspecified atom stereocenters. The van der Waals surface area contributed by atoms with E-state index >= 15 is 0 Å². The van der Waals surface area contributed by atoms with Crippen molar-refractivity contribution >= 4 is 33.4 Å². The summed E-state index contributed by atoms with van der Waals surface area (Å²) in [4.78, 5) is 12.5. The topological polar surface area (TPSA) is 75.3 Å². The number of nitrogens with one attached hydrogen (secondary N) is 2. The van der Waals surface area contributed by atoms with Crippen molar-refractivity contribution in [2.24, 2.45) is 0 Å². The van der Waals surface area contributed by atoms with Gasteiger partial charge in [-0.1, -0.05) is 19.3 Å². The summed E-state index contributed by atoms with van der Waals surface area (Å²) in [6.45, 7) is 0. The molecule has 7 heteroatoms. The fraction of sp³-hybridized carbons (Fsp3) is 0.500. The number of fused-ring (bicyclic) bond motifs is 1. The Labute approximate surface area is 128 Å². The molecule has 1 aliphatic carbocycles. The lowest BCUT2D eigenvalue weighted by Gasteiger charge is -2.23. The highest BCUT2D eigenvalue weighted by molar-refractivity contribution is 8.00. The van der Waals surface area contributed by atoms with Gasteiger partial charge in [0.25, 0.3) is 0 Å². The summed E-state index contributed by atoms with van der Waals surface area (Å²) in [5.41, 5.74) is 0.586. The van der Waals surface area contributed by atoms with Gasteiger partial charge >= 0.3 is 0 Å². The number of anilines is 1. The van der Waals surface area contributed by atoms with E-state index in [0.717, 1.165) is 30.6 Å². The van der Waals surface area contributed by atoms with Gasteiger partial charge in [0.15, 0.2) is 0 Å². The molecule has 1 amide bonds. The third kappa shape index (κ3) is 3.41. The van der Waals surface area contributed by atoms with Crippen LogP contribution in [-0.4, -0.2) is 26.1 Å². The largest absolute Gasteiger partial charge is 0.324 e. The summed E-state index contributed by atoms with van der Waals surface area (Å²) >= 11 is 1.42. The molecule has 0 aromatic heterocycles. The summed E-state index contributed by atoms with van der Waals surface area (Å²) in [6, 6.07) is 4.94. The second kappa shape index (κ2) is 5.98. The van der Waals surface area contributed by atoms with Gasteiger partial charge in [0.1, 0.15) is 0 Å². The molecule has 5 nitrogen and oxygen atoms in total. The highest BCUT2D eigenvalue weighted by Crippen LogP contribution is 2.33. The van der Waals surface area contributed by atoms with Crippen molar-refractivity contribution in [3.05, 3.63) is 18.2 Å². The zero-order valence-corrected chi connectivity index (χ0v) is 13.2. The molecule has 1 aromatic carbocycles. The molecule has 0 bridgehead atoms. The number of hydrogen-bond donors (Lipinski definition) is 2. The van der Waals surface area contributed by atoms with Crippen LogP contribution >= 0.6 is 11.8 Å². The second-order valence-corrected chi connectivity index (χ2v) is 8.18. The molecule has 1 aromatic rings. The number of hydrogen-bond acceptors (Lipinski definition) is 4. The molecule has 1 aliphatic heterocycles. The Morgan fingerprint density at radius 3 is 2.71 bits per heavy atom. The van der Waals surface area contributed by atoms with Gasteiger partial charge in [0, 0.05) is 10.9 Å². The van der Waals surface area contributed by atoms with Gasteiger partial charge in [-0.3, -0.25) is 4.79 Å². The average Bonchev–Trinajstić information content (AvgIpc) is 2.47. The van der Waals surface area contributed by atoms with Gasteiger partial charge in [0.2, 0.25) is 15.9 Å².